The lowest BCUT2D eigenvalue weighted by Gasteiger charge is -2.26. The highest BCUT2D eigenvalue weighted by Crippen LogP contribution is 2.55. The SMILES string of the molecule is [C-]#[N+]c1c(-c2ccccc2)c(C#N)c(-n2c3c(ccc4c5ccccc5sc43)c3ccc4oc5ccccc5c4c32)c(-c2ccccc2)c1-n1c2ccnc3c4ccccc4c4nccc1c4c32. The van der Waals surface area contributed by atoms with Crippen molar-refractivity contribution in [3.05, 3.63) is 199 Å². The zero-order valence-corrected chi connectivity index (χ0v) is 36.6. The van der Waals surface area contributed by atoms with Gasteiger partial charge < -0.3 is 13.6 Å². The highest BCUT2D eigenvalue weighted by Gasteiger charge is 2.34. The molecule has 0 radical (unpaired) electrons. The molecule has 15 aromatic rings. The van der Waals surface area contributed by atoms with Crippen molar-refractivity contribution in [1.29, 1.82) is 5.26 Å². The largest absolute Gasteiger partial charge is 0.456 e. The van der Waals surface area contributed by atoms with Crippen molar-refractivity contribution in [1.82, 2.24) is 19.1 Å². The highest BCUT2D eigenvalue weighted by atomic mass is 32.1. The highest BCUT2D eigenvalue weighted by molar-refractivity contribution is 7.26. The maximum atomic E-state index is 12.1. The average Bonchev–Trinajstić information content (AvgIpc) is 4.16. The molecule has 9 aromatic carbocycles. The number of fused-ring (bicyclic) bond motifs is 14. The zero-order chi connectivity index (χ0) is 44.8. The Morgan fingerprint density at radius 3 is 1.75 bits per heavy atom. The first-order valence-corrected chi connectivity index (χ1v) is 23.2. The van der Waals surface area contributed by atoms with Gasteiger partial charge in [0.15, 0.2) is 0 Å². The van der Waals surface area contributed by atoms with E-state index in [4.69, 9.17) is 14.4 Å². The number of aromatic nitrogens is 4. The predicted molar refractivity (Wildman–Crippen MR) is 279 cm³/mol. The third-order valence-corrected chi connectivity index (χ3v) is 15.2. The van der Waals surface area contributed by atoms with E-state index in [-0.39, 0.29) is 0 Å². The summed E-state index contributed by atoms with van der Waals surface area (Å²) < 4.78 is 13.6. The first-order chi connectivity index (χ1) is 33.7. The van der Waals surface area contributed by atoms with E-state index in [0.717, 1.165) is 114 Å². The van der Waals surface area contributed by atoms with Crippen LogP contribution in [0.3, 0.4) is 0 Å². The predicted octanol–water partition coefficient (Wildman–Crippen LogP) is 16.4. The third kappa shape index (κ3) is 4.68. The molecule has 15 rings (SSSR count). The fourth-order valence-electron chi connectivity index (χ4n) is 11.4. The number of rotatable bonds is 4. The second kappa shape index (κ2) is 13.6. The first kappa shape index (κ1) is 36.9. The molecular formula is C60H30N6OS. The van der Waals surface area contributed by atoms with Crippen LogP contribution in [0.1, 0.15) is 5.56 Å². The summed E-state index contributed by atoms with van der Waals surface area (Å²) in [6, 6.07) is 61.0. The molecule has 7 nitrogen and oxygen atoms in total. The van der Waals surface area contributed by atoms with Gasteiger partial charge in [-0.15, -0.1) is 11.3 Å². The Kier molecular flexibility index (Phi) is 7.39. The van der Waals surface area contributed by atoms with E-state index in [1.807, 2.05) is 85.2 Å². The van der Waals surface area contributed by atoms with Gasteiger partial charge in [-0.1, -0.05) is 133 Å². The maximum Gasteiger partial charge on any atom is 0.220 e. The van der Waals surface area contributed by atoms with Crippen LogP contribution in [-0.2, 0) is 0 Å². The minimum atomic E-state index is 0.370. The van der Waals surface area contributed by atoms with Crippen molar-refractivity contribution in [2.24, 2.45) is 0 Å². The van der Waals surface area contributed by atoms with Gasteiger partial charge >= 0.3 is 0 Å². The van der Waals surface area contributed by atoms with Crippen LogP contribution in [-0.4, -0.2) is 19.1 Å². The molecule has 0 bridgehead atoms. The zero-order valence-electron chi connectivity index (χ0n) is 35.8. The lowest BCUT2D eigenvalue weighted by atomic mass is 9.88. The molecule has 0 saturated heterocycles. The van der Waals surface area contributed by atoms with E-state index in [0.29, 0.717) is 28.2 Å². The van der Waals surface area contributed by atoms with Gasteiger partial charge in [0.25, 0.3) is 0 Å². The van der Waals surface area contributed by atoms with Gasteiger partial charge in [0.1, 0.15) is 17.2 Å². The fraction of sp³-hybridized carbons (Fsp3) is 0. The van der Waals surface area contributed by atoms with Crippen molar-refractivity contribution in [2.75, 3.05) is 0 Å². The number of pyridine rings is 2. The minimum Gasteiger partial charge on any atom is -0.456 e. The van der Waals surface area contributed by atoms with E-state index in [1.54, 1.807) is 11.3 Å². The Balaban J connectivity index is 1.27. The van der Waals surface area contributed by atoms with Crippen molar-refractivity contribution in [3.63, 3.8) is 0 Å². The van der Waals surface area contributed by atoms with Gasteiger partial charge in [-0.25, -0.2) is 4.85 Å². The second-order valence-corrected chi connectivity index (χ2v) is 18.4. The molecule has 0 amide bonds. The number of furan rings is 1. The molecule has 0 spiro atoms. The molecule has 0 unspecified atom stereocenters. The smallest absolute Gasteiger partial charge is 0.220 e. The Hall–Kier alpha value is -9.34. The summed E-state index contributed by atoms with van der Waals surface area (Å²) in [6.07, 6.45) is 3.74. The molecule has 0 fully saturated rings. The molecule has 0 atom stereocenters. The summed E-state index contributed by atoms with van der Waals surface area (Å²) in [6.45, 7) is 9.34. The average molecular weight is 883 g/mol. The maximum absolute atomic E-state index is 12.1. The van der Waals surface area contributed by atoms with Gasteiger partial charge in [-0.2, -0.15) is 5.26 Å². The number of benzene rings is 9. The van der Waals surface area contributed by atoms with Crippen molar-refractivity contribution in [2.45, 2.75) is 0 Å². The summed E-state index contributed by atoms with van der Waals surface area (Å²) in [4.78, 5) is 14.6. The van der Waals surface area contributed by atoms with Crippen LogP contribution in [0.4, 0.5) is 5.69 Å². The molecule has 0 aliphatic heterocycles. The van der Waals surface area contributed by atoms with E-state index in [2.05, 4.69) is 117 Å². The Bertz CT molecular complexity index is 4670. The van der Waals surface area contributed by atoms with E-state index < -0.39 is 0 Å². The van der Waals surface area contributed by atoms with E-state index in [9.17, 15) is 11.8 Å². The van der Waals surface area contributed by atoms with Crippen LogP contribution in [0.15, 0.2) is 187 Å². The van der Waals surface area contributed by atoms with Crippen molar-refractivity contribution < 1.29 is 4.42 Å². The fourth-order valence-corrected chi connectivity index (χ4v) is 12.6. The van der Waals surface area contributed by atoms with Crippen LogP contribution in [0, 0.1) is 17.9 Å². The summed E-state index contributed by atoms with van der Waals surface area (Å²) in [7, 11) is 0. The Labute approximate surface area is 390 Å². The summed E-state index contributed by atoms with van der Waals surface area (Å²) in [5.41, 5.74) is 12.0. The van der Waals surface area contributed by atoms with E-state index >= 15 is 0 Å². The van der Waals surface area contributed by atoms with Crippen molar-refractivity contribution in [3.8, 4) is 39.7 Å². The van der Waals surface area contributed by atoms with Crippen LogP contribution < -0.4 is 0 Å². The molecular weight excluding hydrogens is 853 g/mol. The molecule has 6 heterocycles. The molecule has 0 aliphatic carbocycles. The number of nitrogens with zero attached hydrogens (tertiary/aromatic N) is 6. The third-order valence-electron chi connectivity index (χ3n) is 14.0. The lowest BCUT2D eigenvalue weighted by Crippen LogP contribution is -2.09. The van der Waals surface area contributed by atoms with E-state index in [1.165, 1.54) is 10.1 Å². The molecule has 6 aromatic heterocycles. The molecule has 8 heteroatoms. The molecule has 68 heavy (non-hydrogen) atoms. The molecule has 0 saturated carbocycles. The monoisotopic (exact) mass is 882 g/mol. The number of thiophene rings is 1. The topological polar surface area (TPSA) is 76.9 Å². The number of hydrogen-bond acceptors (Lipinski definition) is 5. The Morgan fingerprint density at radius 2 is 1.07 bits per heavy atom. The minimum absolute atomic E-state index is 0.370. The van der Waals surface area contributed by atoms with Gasteiger partial charge in [-0.05, 0) is 47.5 Å². The summed E-state index contributed by atoms with van der Waals surface area (Å²) in [5, 5.41) is 22.4. The van der Waals surface area contributed by atoms with Gasteiger partial charge in [0.2, 0.25) is 5.69 Å². The van der Waals surface area contributed by atoms with Crippen LogP contribution in [0.5, 0.6) is 0 Å². The first-order valence-electron chi connectivity index (χ1n) is 22.4. The summed E-state index contributed by atoms with van der Waals surface area (Å²) in [5.74, 6) is 0. The second-order valence-electron chi connectivity index (χ2n) is 17.3. The number of para-hydroxylation sites is 1. The number of nitriles is 1. The van der Waals surface area contributed by atoms with Crippen LogP contribution in [0.25, 0.3) is 146 Å². The van der Waals surface area contributed by atoms with Crippen LogP contribution in [0.2, 0.25) is 0 Å². The van der Waals surface area contributed by atoms with Gasteiger partial charge in [0, 0.05) is 76.7 Å². The summed E-state index contributed by atoms with van der Waals surface area (Å²) >= 11 is 1.76. The normalized spacial score (nSPS) is 12.1. The van der Waals surface area contributed by atoms with Crippen molar-refractivity contribution >= 4 is 125 Å². The molecule has 0 aliphatic rings. The van der Waals surface area contributed by atoms with Gasteiger partial charge in [0.05, 0.1) is 66.7 Å². The quantitative estimate of drug-likeness (QED) is 0.130. The lowest BCUT2D eigenvalue weighted by molar-refractivity contribution is 0.669. The van der Waals surface area contributed by atoms with Crippen LogP contribution >= 0.6 is 11.3 Å². The standard InChI is InChI=1S/C60H30N6OS/c1-62-55-48(33-14-4-2-5-15-33)42(32-61)57(49(34-16-6-3-7-17-34)59(55)65-43-28-30-63-53-36-19-8-9-20-37(36)54-52(51(43)53)44(65)29-31-64-54)66-56-38(26-27-46-50(56)41-21-10-12-22-45(41)67-46)39-24-25-40-35-18-11-13-23-47(35)68-60(40)58(39)66/h2-31H. The van der Waals surface area contributed by atoms with Gasteiger partial charge in [-0.3, -0.25) is 9.97 Å². The molecule has 0 N–H and O–H groups in total. The number of hydrogen-bond donors (Lipinski definition) is 0. The molecule has 312 valence electrons. The Morgan fingerprint density at radius 1 is 0.500 bits per heavy atom.